The van der Waals surface area contributed by atoms with Gasteiger partial charge in [0, 0.05) is 6.42 Å². The zero-order valence-electron chi connectivity index (χ0n) is 11.0. The number of imide groups is 1. The summed E-state index contributed by atoms with van der Waals surface area (Å²) in [7, 11) is 0. The van der Waals surface area contributed by atoms with E-state index in [4.69, 9.17) is 5.11 Å². The van der Waals surface area contributed by atoms with E-state index >= 15 is 0 Å². The van der Waals surface area contributed by atoms with Crippen LogP contribution in [0.3, 0.4) is 0 Å². The van der Waals surface area contributed by atoms with Crippen molar-refractivity contribution in [2.24, 2.45) is 0 Å². The second-order valence-electron chi connectivity index (χ2n) is 4.29. The fourth-order valence-corrected chi connectivity index (χ4v) is 2.15. The van der Waals surface area contributed by atoms with Crippen molar-refractivity contribution >= 4 is 35.6 Å². The van der Waals surface area contributed by atoms with Gasteiger partial charge in [-0.1, -0.05) is 0 Å². The molecule has 0 aromatic carbocycles. The molecule has 4 N–H and O–H groups in total. The van der Waals surface area contributed by atoms with Gasteiger partial charge in [-0.2, -0.15) is 11.8 Å². The van der Waals surface area contributed by atoms with Crippen molar-refractivity contribution in [3.8, 4) is 0 Å². The molecule has 1 unspecified atom stereocenters. The maximum Gasteiger partial charge on any atom is 0.326 e. The summed E-state index contributed by atoms with van der Waals surface area (Å²) < 4.78 is 0. The largest absolute Gasteiger partial charge is 0.480 e. The second-order valence-corrected chi connectivity index (χ2v) is 5.28. The number of urea groups is 1. The van der Waals surface area contributed by atoms with Crippen LogP contribution >= 0.6 is 11.8 Å². The normalized spacial score (nSPS) is 19.9. The van der Waals surface area contributed by atoms with E-state index in [1.807, 2.05) is 6.26 Å². The molecule has 1 heterocycles. The van der Waals surface area contributed by atoms with Crippen molar-refractivity contribution in [2.45, 2.75) is 31.3 Å². The highest BCUT2D eigenvalue weighted by molar-refractivity contribution is 7.98. The highest BCUT2D eigenvalue weighted by Gasteiger charge is 2.29. The third-order valence-corrected chi connectivity index (χ3v) is 3.40. The number of amides is 4. The molecule has 1 fully saturated rings. The summed E-state index contributed by atoms with van der Waals surface area (Å²) in [5.74, 6) is -1.49. The van der Waals surface area contributed by atoms with Gasteiger partial charge in [-0.15, -0.1) is 0 Å². The third-order valence-electron chi connectivity index (χ3n) is 2.76. The van der Waals surface area contributed by atoms with E-state index in [-0.39, 0.29) is 18.7 Å². The Bertz CT molecular complexity index is 415. The zero-order valence-corrected chi connectivity index (χ0v) is 11.8. The van der Waals surface area contributed by atoms with Gasteiger partial charge in [-0.25, -0.2) is 9.59 Å². The lowest BCUT2D eigenvalue weighted by atomic mass is 10.1. The van der Waals surface area contributed by atoms with Gasteiger partial charge in [0.1, 0.15) is 12.1 Å². The molecule has 0 saturated carbocycles. The Labute approximate surface area is 120 Å². The van der Waals surface area contributed by atoms with Gasteiger partial charge in [0.25, 0.3) is 0 Å². The minimum atomic E-state index is -1.13. The van der Waals surface area contributed by atoms with Gasteiger partial charge >= 0.3 is 12.0 Å². The number of piperidine rings is 1. The van der Waals surface area contributed by atoms with E-state index in [0.717, 1.165) is 0 Å². The number of aliphatic carboxylic acids is 1. The van der Waals surface area contributed by atoms with Crippen LogP contribution in [-0.2, 0) is 14.4 Å². The first-order chi connectivity index (χ1) is 9.43. The van der Waals surface area contributed by atoms with E-state index in [0.29, 0.717) is 12.2 Å². The molecule has 0 bridgehead atoms. The van der Waals surface area contributed by atoms with Crippen molar-refractivity contribution in [3.05, 3.63) is 0 Å². The first-order valence-electron chi connectivity index (χ1n) is 6.06. The first kappa shape index (κ1) is 16.3. The number of hydrogen-bond acceptors (Lipinski definition) is 5. The summed E-state index contributed by atoms with van der Waals surface area (Å²) in [6, 6.07) is -2.55. The number of thioether (sulfide) groups is 1. The lowest BCUT2D eigenvalue weighted by Gasteiger charge is -2.23. The molecule has 0 aliphatic carbocycles. The zero-order chi connectivity index (χ0) is 15.1. The van der Waals surface area contributed by atoms with Crippen molar-refractivity contribution < 1.29 is 24.3 Å². The van der Waals surface area contributed by atoms with Crippen LogP contribution in [0.4, 0.5) is 4.79 Å². The first-order valence-corrected chi connectivity index (χ1v) is 7.46. The van der Waals surface area contributed by atoms with Crippen molar-refractivity contribution in [1.29, 1.82) is 0 Å². The molecule has 20 heavy (non-hydrogen) atoms. The minimum absolute atomic E-state index is 0.144. The minimum Gasteiger partial charge on any atom is -0.480 e. The highest BCUT2D eigenvalue weighted by Crippen LogP contribution is 2.05. The Morgan fingerprint density at radius 1 is 1.50 bits per heavy atom. The van der Waals surface area contributed by atoms with Crippen LogP contribution in [0.2, 0.25) is 0 Å². The van der Waals surface area contributed by atoms with E-state index in [9.17, 15) is 19.2 Å². The van der Waals surface area contributed by atoms with Crippen LogP contribution in [0, 0.1) is 0 Å². The Hall–Kier alpha value is -1.77. The monoisotopic (exact) mass is 303 g/mol. The molecule has 1 aliphatic rings. The topological polar surface area (TPSA) is 125 Å². The van der Waals surface area contributed by atoms with Gasteiger partial charge in [0.05, 0.1) is 0 Å². The quantitative estimate of drug-likeness (QED) is 0.481. The predicted molar refractivity (Wildman–Crippen MR) is 72.3 cm³/mol. The van der Waals surface area contributed by atoms with Gasteiger partial charge in [-0.05, 0) is 24.9 Å². The molecule has 1 aliphatic heterocycles. The molecule has 8 nitrogen and oxygen atoms in total. The highest BCUT2D eigenvalue weighted by atomic mass is 32.2. The molecule has 4 amide bonds. The van der Waals surface area contributed by atoms with Crippen molar-refractivity contribution in [3.63, 3.8) is 0 Å². The van der Waals surface area contributed by atoms with E-state index in [1.165, 1.54) is 11.8 Å². The molecule has 9 heteroatoms. The number of hydrogen-bond donors (Lipinski definition) is 4. The van der Waals surface area contributed by atoms with Gasteiger partial charge in [0.15, 0.2) is 0 Å². The lowest BCUT2D eigenvalue weighted by molar-refractivity contribution is -0.139. The number of nitrogens with one attached hydrogen (secondary N) is 3. The van der Waals surface area contributed by atoms with E-state index in [2.05, 4.69) is 16.0 Å². The van der Waals surface area contributed by atoms with Gasteiger partial charge < -0.3 is 15.7 Å². The molecular formula is C11H17N3O5S. The molecule has 1 saturated heterocycles. The molecule has 0 spiro atoms. The maximum atomic E-state index is 11.7. The Kier molecular flexibility index (Phi) is 6.29. The van der Waals surface area contributed by atoms with E-state index in [1.54, 1.807) is 0 Å². The number of carboxylic acid groups (broad SMARTS) is 1. The molecule has 112 valence electrons. The molecule has 0 aromatic heterocycles. The van der Waals surface area contributed by atoms with E-state index < -0.39 is 30.0 Å². The second kappa shape index (κ2) is 7.73. The van der Waals surface area contributed by atoms with Gasteiger partial charge in [-0.3, -0.25) is 14.9 Å². The average Bonchev–Trinajstić information content (AvgIpc) is 2.37. The van der Waals surface area contributed by atoms with Crippen molar-refractivity contribution in [2.75, 3.05) is 12.0 Å². The lowest BCUT2D eigenvalue weighted by Crippen LogP contribution is -2.56. The fraction of sp³-hybridized carbons (Fsp3) is 0.636. The Balaban J connectivity index is 2.47. The summed E-state index contributed by atoms with van der Waals surface area (Å²) >= 11 is 1.47. The van der Waals surface area contributed by atoms with Crippen LogP contribution < -0.4 is 16.0 Å². The number of carboxylic acids is 1. The fourth-order valence-electron chi connectivity index (χ4n) is 1.68. The summed E-state index contributed by atoms with van der Waals surface area (Å²) in [4.78, 5) is 45.0. The number of carbonyl (C=O) groups excluding carboxylic acids is 3. The molecule has 0 radical (unpaired) electrons. The predicted octanol–water partition coefficient (Wildman–Crippen LogP) is -0.703. The number of rotatable bonds is 6. The standard InChI is InChI=1S/C11H17N3O5S/c1-20-5-4-7(10(17)18)13-11(19)12-6-2-3-8(15)14-9(6)16/h6-7H,2-5H2,1H3,(H,17,18)(H2,12,13,19)(H,14,15,16)/t6?,7-/m0/s1. The van der Waals surface area contributed by atoms with Crippen molar-refractivity contribution in [1.82, 2.24) is 16.0 Å². The molecule has 0 aromatic rings. The Morgan fingerprint density at radius 3 is 2.75 bits per heavy atom. The summed E-state index contributed by atoms with van der Waals surface area (Å²) in [5, 5.41) is 15.7. The number of carbonyl (C=O) groups is 4. The Morgan fingerprint density at radius 2 is 2.20 bits per heavy atom. The van der Waals surface area contributed by atoms with Crippen LogP contribution in [0.1, 0.15) is 19.3 Å². The van der Waals surface area contributed by atoms with Crippen LogP contribution in [0.15, 0.2) is 0 Å². The van der Waals surface area contributed by atoms with Crippen LogP contribution in [-0.4, -0.2) is 53.0 Å². The molecular weight excluding hydrogens is 286 g/mol. The molecule has 2 atom stereocenters. The summed E-state index contributed by atoms with van der Waals surface area (Å²) in [6.45, 7) is 0. The average molecular weight is 303 g/mol. The van der Waals surface area contributed by atoms with Gasteiger partial charge in [0.2, 0.25) is 11.8 Å². The summed E-state index contributed by atoms with van der Waals surface area (Å²) in [5.41, 5.74) is 0. The third kappa shape index (κ3) is 5.08. The van der Waals surface area contributed by atoms with Crippen LogP contribution in [0.5, 0.6) is 0 Å². The smallest absolute Gasteiger partial charge is 0.326 e. The molecule has 1 rings (SSSR count). The maximum absolute atomic E-state index is 11.7. The summed E-state index contributed by atoms with van der Waals surface area (Å²) in [6.07, 6.45) is 2.48. The SMILES string of the molecule is CSCC[C@H](NC(=O)NC1CCC(=O)NC1=O)C(=O)O. The van der Waals surface area contributed by atoms with Crippen LogP contribution in [0.25, 0.3) is 0 Å².